The third-order valence-electron chi connectivity index (χ3n) is 4.90. The number of anilines is 2. The number of para-hydroxylation sites is 2. The van der Waals surface area contributed by atoms with Crippen LogP contribution in [0.25, 0.3) is 11.1 Å². The summed E-state index contributed by atoms with van der Waals surface area (Å²) in [5.41, 5.74) is 8.88. The van der Waals surface area contributed by atoms with Crippen molar-refractivity contribution in [2.45, 2.75) is 0 Å². The van der Waals surface area contributed by atoms with E-state index in [1.165, 1.54) is 12.1 Å². The van der Waals surface area contributed by atoms with Crippen molar-refractivity contribution in [3.8, 4) is 22.6 Å². The summed E-state index contributed by atoms with van der Waals surface area (Å²) in [5, 5.41) is 18.5. The van der Waals surface area contributed by atoms with E-state index in [2.05, 4.69) is 11.0 Å². The highest BCUT2D eigenvalue weighted by Gasteiger charge is 2.11. The summed E-state index contributed by atoms with van der Waals surface area (Å²) < 4.78 is 0. The van der Waals surface area contributed by atoms with Gasteiger partial charge in [0.1, 0.15) is 11.1 Å². The Morgan fingerprint density at radius 1 is 0.529 bits per heavy atom. The van der Waals surface area contributed by atoms with Crippen LogP contribution in [0, 0.1) is 0 Å². The van der Waals surface area contributed by atoms with Gasteiger partial charge in [0.25, 0.3) is 0 Å². The molecule has 0 spiro atoms. The molecule has 0 atom stereocenters. The predicted molar refractivity (Wildman–Crippen MR) is 127 cm³/mol. The first-order valence-corrected chi connectivity index (χ1v) is 10.2. The van der Waals surface area contributed by atoms with E-state index in [0.29, 0.717) is 11.4 Å². The van der Waals surface area contributed by atoms with Crippen molar-refractivity contribution < 1.29 is 29.5 Å². The molecular weight excluding hydrogens is 436 g/mol. The molecule has 0 saturated heterocycles. The topological polar surface area (TPSA) is 117 Å². The van der Waals surface area contributed by atoms with Crippen molar-refractivity contribution in [3.63, 3.8) is 0 Å². The fourth-order valence-electron chi connectivity index (χ4n) is 3.15. The number of carboxylic acids is 2. The highest BCUT2D eigenvalue weighted by atomic mass is 16.6. The van der Waals surface area contributed by atoms with Crippen molar-refractivity contribution in [2.75, 3.05) is 11.0 Å². The molecule has 0 aromatic heterocycles. The van der Waals surface area contributed by atoms with E-state index in [1.54, 1.807) is 36.4 Å². The Bertz CT molecular complexity index is 1200. The number of nitrogens with one attached hydrogen (secondary N) is 2. The minimum absolute atomic E-state index is 0.0655. The maximum absolute atomic E-state index is 11.3. The molecule has 170 valence electrons. The molecule has 0 aliphatic heterocycles. The molecule has 0 unspecified atom stereocenters. The highest BCUT2D eigenvalue weighted by molar-refractivity contribution is 5.91. The van der Waals surface area contributed by atoms with Gasteiger partial charge in [0.05, 0.1) is 11.4 Å². The van der Waals surface area contributed by atoms with Crippen molar-refractivity contribution >= 4 is 23.3 Å². The van der Waals surface area contributed by atoms with Gasteiger partial charge in [-0.1, -0.05) is 48.5 Å². The Balaban J connectivity index is 1.37. The van der Waals surface area contributed by atoms with Crippen LogP contribution >= 0.6 is 0 Å². The molecule has 0 aliphatic rings. The zero-order valence-corrected chi connectivity index (χ0v) is 17.8. The molecule has 0 saturated carbocycles. The molecule has 0 radical (unpaired) electrons. The first kappa shape index (κ1) is 22.2. The molecule has 0 bridgehead atoms. The van der Waals surface area contributed by atoms with Crippen molar-refractivity contribution in [1.29, 1.82) is 0 Å². The van der Waals surface area contributed by atoms with Gasteiger partial charge in [-0.3, -0.25) is 0 Å². The van der Waals surface area contributed by atoms with Gasteiger partial charge in [0.2, 0.25) is 0 Å². The number of rotatable bonds is 9. The summed E-state index contributed by atoms with van der Waals surface area (Å²) >= 11 is 0. The molecule has 4 aromatic rings. The zero-order valence-electron chi connectivity index (χ0n) is 17.8. The van der Waals surface area contributed by atoms with Crippen molar-refractivity contribution in [2.24, 2.45) is 0 Å². The minimum atomic E-state index is -1.07. The van der Waals surface area contributed by atoms with E-state index in [9.17, 15) is 19.8 Å². The normalized spacial score (nSPS) is 10.2. The molecule has 4 rings (SSSR count). The average Bonchev–Trinajstić information content (AvgIpc) is 2.87. The summed E-state index contributed by atoms with van der Waals surface area (Å²) in [4.78, 5) is 33.4. The summed E-state index contributed by atoms with van der Waals surface area (Å²) in [6.07, 6.45) is 0. The number of carbonyl (C=O) groups is 2. The lowest BCUT2D eigenvalue weighted by Crippen LogP contribution is -2.09. The molecule has 0 fully saturated rings. The van der Waals surface area contributed by atoms with Crippen LogP contribution in [0.1, 0.15) is 20.7 Å². The fourth-order valence-corrected chi connectivity index (χ4v) is 3.15. The van der Waals surface area contributed by atoms with Crippen LogP contribution in [-0.4, -0.2) is 22.2 Å². The third-order valence-corrected chi connectivity index (χ3v) is 4.90. The molecule has 4 aromatic carbocycles. The smallest absolute Gasteiger partial charge is 0.339 e. The summed E-state index contributed by atoms with van der Waals surface area (Å²) in [6.45, 7) is 0. The lowest BCUT2D eigenvalue weighted by atomic mass is 10.1. The molecule has 8 nitrogen and oxygen atoms in total. The van der Waals surface area contributed by atoms with Gasteiger partial charge in [-0.05, 0) is 59.7 Å². The van der Waals surface area contributed by atoms with Crippen LogP contribution in [0.15, 0.2) is 97.1 Å². The first-order valence-electron chi connectivity index (χ1n) is 10.2. The number of hydrogen-bond donors (Lipinski definition) is 4. The Labute approximate surface area is 194 Å². The van der Waals surface area contributed by atoms with E-state index >= 15 is 0 Å². The Kier molecular flexibility index (Phi) is 6.60. The van der Waals surface area contributed by atoms with E-state index in [-0.39, 0.29) is 22.6 Å². The first-order chi connectivity index (χ1) is 16.5. The maximum atomic E-state index is 11.3. The SMILES string of the molecule is O=C(O)c1ccccc1ONc1ccc(-c2ccc(NOc3ccccc3C(=O)O)cc2)cc1. The Morgan fingerprint density at radius 3 is 1.24 bits per heavy atom. The zero-order chi connectivity index (χ0) is 23.9. The molecule has 8 heteroatoms. The largest absolute Gasteiger partial charge is 0.478 e. The quantitative estimate of drug-likeness (QED) is 0.242. The molecular formula is C26H20N2O6. The van der Waals surface area contributed by atoms with E-state index in [1.807, 2.05) is 48.5 Å². The number of hydrogen-bond acceptors (Lipinski definition) is 6. The monoisotopic (exact) mass is 456 g/mol. The van der Waals surface area contributed by atoms with Crippen LogP contribution < -0.4 is 20.6 Å². The highest BCUT2D eigenvalue weighted by Crippen LogP contribution is 2.25. The van der Waals surface area contributed by atoms with Crippen LogP contribution in [0.4, 0.5) is 11.4 Å². The van der Waals surface area contributed by atoms with Crippen molar-refractivity contribution in [1.82, 2.24) is 0 Å². The second-order valence-electron chi connectivity index (χ2n) is 7.17. The van der Waals surface area contributed by atoms with Crippen LogP contribution in [-0.2, 0) is 0 Å². The predicted octanol–water partition coefficient (Wildman–Crippen LogP) is 5.56. The fraction of sp³-hybridized carbons (Fsp3) is 0. The van der Waals surface area contributed by atoms with E-state index in [4.69, 9.17) is 9.68 Å². The lowest BCUT2D eigenvalue weighted by molar-refractivity contribution is 0.0682. The Hall–Kier alpha value is -4.98. The molecule has 4 N–H and O–H groups in total. The van der Waals surface area contributed by atoms with Gasteiger partial charge in [-0.2, -0.15) is 0 Å². The van der Waals surface area contributed by atoms with Crippen LogP contribution in [0.3, 0.4) is 0 Å². The molecule has 0 aliphatic carbocycles. The maximum Gasteiger partial charge on any atom is 0.339 e. The van der Waals surface area contributed by atoms with Gasteiger partial charge in [-0.15, -0.1) is 0 Å². The summed E-state index contributed by atoms with van der Waals surface area (Å²) in [6, 6.07) is 27.6. The van der Waals surface area contributed by atoms with Gasteiger partial charge in [0, 0.05) is 0 Å². The second kappa shape index (κ2) is 10.1. The van der Waals surface area contributed by atoms with Crippen LogP contribution in [0.2, 0.25) is 0 Å². The standard InChI is InChI=1S/C26H20N2O6/c29-25(30)21-5-1-3-7-23(21)33-27-19-13-9-17(10-14-19)18-11-15-20(16-12-18)28-34-24-8-4-2-6-22(24)26(31)32/h1-16,27-28H,(H,29,30)(H,31,32). The third kappa shape index (κ3) is 5.25. The summed E-state index contributed by atoms with van der Waals surface area (Å²) in [5.74, 6) is -1.70. The molecule has 0 amide bonds. The number of aromatic carboxylic acids is 2. The van der Waals surface area contributed by atoms with Crippen molar-refractivity contribution in [3.05, 3.63) is 108 Å². The average molecular weight is 456 g/mol. The van der Waals surface area contributed by atoms with E-state index < -0.39 is 11.9 Å². The number of carboxylic acid groups (broad SMARTS) is 2. The lowest BCUT2D eigenvalue weighted by Gasteiger charge is -2.12. The summed E-state index contributed by atoms with van der Waals surface area (Å²) in [7, 11) is 0. The number of benzene rings is 4. The van der Waals surface area contributed by atoms with Gasteiger partial charge in [-0.25, -0.2) is 20.5 Å². The van der Waals surface area contributed by atoms with Gasteiger partial charge >= 0.3 is 11.9 Å². The Morgan fingerprint density at radius 2 is 0.882 bits per heavy atom. The second-order valence-corrected chi connectivity index (χ2v) is 7.17. The van der Waals surface area contributed by atoms with Gasteiger partial charge in [0.15, 0.2) is 11.5 Å². The molecule has 34 heavy (non-hydrogen) atoms. The van der Waals surface area contributed by atoms with Crippen LogP contribution in [0.5, 0.6) is 11.5 Å². The van der Waals surface area contributed by atoms with Gasteiger partial charge < -0.3 is 19.9 Å². The minimum Gasteiger partial charge on any atom is -0.478 e. The molecule has 0 heterocycles. The van der Waals surface area contributed by atoms with E-state index in [0.717, 1.165) is 11.1 Å².